The number of rotatable bonds is 7. The van der Waals surface area contributed by atoms with E-state index >= 15 is 0 Å². The molecule has 1 aliphatic heterocycles. The minimum atomic E-state index is -0.0362. The van der Waals surface area contributed by atoms with Gasteiger partial charge in [0.15, 0.2) is 0 Å². The zero-order valence-corrected chi connectivity index (χ0v) is 14.0. The van der Waals surface area contributed by atoms with Crippen molar-refractivity contribution in [3.8, 4) is 5.75 Å². The van der Waals surface area contributed by atoms with Crippen LogP contribution < -0.4 is 10.1 Å². The molecule has 1 aromatic rings. The van der Waals surface area contributed by atoms with Crippen molar-refractivity contribution < 1.29 is 9.53 Å². The molecule has 2 amide bonds. The number of halogens is 1. The van der Waals surface area contributed by atoms with Gasteiger partial charge in [-0.3, -0.25) is 0 Å². The van der Waals surface area contributed by atoms with Crippen LogP contribution in [-0.2, 0) is 0 Å². The number of likely N-dealkylation sites (tertiary alicyclic amines) is 1. The van der Waals surface area contributed by atoms with Crippen LogP contribution in [0.5, 0.6) is 5.75 Å². The molecule has 0 spiro atoms. The molecule has 1 saturated heterocycles. The Labute approximate surface area is 139 Å². The number of carbonyl (C=O) groups excluding carboxylic acids is 1. The summed E-state index contributed by atoms with van der Waals surface area (Å²) >= 11 is 0. The van der Waals surface area contributed by atoms with Crippen LogP contribution in [0.1, 0.15) is 12.8 Å². The fraction of sp³-hybridized carbons (Fsp3) is 0.562. The highest BCUT2D eigenvalue weighted by Crippen LogP contribution is 2.08. The second-order valence-corrected chi connectivity index (χ2v) is 5.36. The van der Waals surface area contributed by atoms with Gasteiger partial charge in [0.25, 0.3) is 0 Å². The Morgan fingerprint density at radius 2 is 1.95 bits per heavy atom. The predicted molar refractivity (Wildman–Crippen MR) is 90.9 cm³/mol. The fourth-order valence-electron chi connectivity index (χ4n) is 2.38. The lowest BCUT2D eigenvalue weighted by Crippen LogP contribution is -2.42. The van der Waals surface area contributed by atoms with Crippen molar-refractivity contribution in [3.05, 3.63) is 30.3 Å². The molecule has 1 fully saturated rings. The summed E-state index contributed by atoms with van der Waals surface area (Å²) in [7, 11) is 1.79. The van der Waals surface area contributed by atoms with E-state index < -0.39 is 0 Å². The zero-order valence-electron chi connectivity index (χ0n) is 13.2. The molecule has 1 N–H and O–H groups in total. The topological polar surface area (TPSA) is 44.8 Å². The molecule has 0 radical (unpaired) electrons. The zero-order chi connectivity index (χ0) is 14.9. The van der Waals surface area contributed by atoms with Gasteiger partial charge in [-0.05, 0) is 38.1 Å². The minimum absolute atomic E-state index is 0. The minimum Gasteiger partial charge on any atom is -0.492 e. The molecule has 0 bridgehead atoms. The average Bonchev–Trinajstić information content (AvgIpc) is 3.01. The van der Waals surface area contributed by atoms with Gasteiger partial charge >= 0.3 is 6.03 Å². The maximum atomic E-state index is 11.9. The number of benzene rings is 1. The van der Waals surface area contributed by atoms with Gasteiger partial charge in [0.1, 0.15) is 12.4 Å². The van der Waals surface area contributed by atoms with Crippen LogP contribution in [0.4, 0.5) is 4.79 Å². The molecule has 2 rings (SSSR count). The number of nitrogens with one attached hydrogen (secondary N) is 1. The highest BCUT2D eigenvalue weighted by atomic mass is 35.5. The normalized spacial score (nSPS) is 14.2. The number of urea groups is 1. The van der Waals surface area contributed by atoms with Crippen molar-refractivity contribution in [2.45, 2.75) is 12.8 Å². The Kier molecular flexibility index (Phi) is 8.70. The van der Waals surface area contributed by atoms with E-state index in [2.05, 4.69) is 10.2 Å². The number of carbonyl (C=O) groups is 1. The molecule has 0 aromatic heterocycles. The van der Waals surface area contributed by atoms with E-state index in [9.17, 15) is 4.79 Å². The summed E-state index contributed by atoms with van der Waals surface area (Å²) in [6, 6.07) is 9.61. The van der Waals surface area contributed by atoms with Gasteiger partial charge in [0.05, 0.1) is 6.54 Å². The third-order valence-electron chi connectivity index (χ3n) is 3.69. The molecule has 6 heteroatoms. The highest BCUT2D eigenvalue weighted by molar-refractivity contribution is 5.85. The third kappa shape index (κ3) is 6.54. The van der Waals surface area contributed by atoms with E-state index in [1.807, 2.05) is 30.3 Å². The monoisotopic (exact) mass is 327 g/mol. The quantitative estimate of drug-likeness (QED) is 0.835. The smallest absolute Gasteiger partial charge is 0.317 e. The molecule has 5 nitrogen and oxygen atoms in total. The first kappa shape index (κ1) is 18.6. The van der Waals surface area contributed by atoms with Crippen molar-refractivity contribution in [1.29, 1.82) is 0 Å². The van der Waals surface area contributed by atoms with Crippen molar-refractivity contribution in [1.82, 2.24) is 15.1 Å². The van der Waals surface area contributed by atoms with E-state index in [1.165, 1.54) is 12.8 Å². The summed E-state index contributed by atoms with van der Waals surface area (Å²) in [5.74, 6) is 0.834. The number of likely N-dealkylation sites (N-methyl/N-ethyl adjacent to an activating group) is 1. The van der Waals surface area contributed by atoms with Gasteiger partial charge in [-0.25, -0.2) is 4.79 Å². The summed E-state index contributed by atoms with van der Waals surface area (Å²) in [6.07, 6.45) is 2.56. The van der Waals surface area contributed by atoms with E-state index in [1.54, 1.807) is 11.9 Å². The number of amides is 2. The number of hydrogen-bond donors (Lipinski definition) is 1. The van der Waals surface area contributed by atoms with Crippen LogP contribution in [0.2, 0.25) is 0 Å². The Morgan fingerprint density at radius 3 is 2.64 bits per heavy atom. The number of hydrogen-bond acceptors (Lipinski definition) is 3. The molecule has 1 aromatic carbocycles. The predicted octanol–water partition coefficient (Wildman–Crippen LogP) is 2.22. The summed E-state index contributed by atoms with van der Waals surface area (Å²) in [5.41, 5.74) is 0. The Balaban J connectivity index is 0.00000242. The molecule has 22 heavy (non-hydrogen) atoms. The van der Waals surface area contributed by atoms with Crippen LogP contribution in [0.15, 0.2) is 30.3 Å². The first-order valence-corrected chi connectivity index (χ1v) is 7.65. The first-order valence-electron chi connectivity index (χ1n) is 7.65. The third-order valence-corrected chi connectivity index (χ3v) is 3.69. The molecule has 0 saturated carbocycles. The van der Waals surface area contributed by atoms with Gasteiger partial charge in [-0.2, -0.15) is 0 Å². The standard InChI is InChI=1S/C16H25N3O2.ClH/c1-18(13-14-21-15-7-3-2-4-8-15)16(20)17-9-12-19-10-5-6-11-19;/h2-4,7-8H,5-6,9-14H2,1H3,(H,17,20);1H. The lowest BCUT2D eigenvalue weighted by atomic mass is 10.3. The Morgan fingerprint density at radius 1 is 1.27 bits per heavy atom. The average molecular weight is 328 g/mol. The van der Waals surface area contributed by atoms with Crippen LogP contribution in [0.3, 0.4) is 0 Å². The molecule has 124 valence electrons. The molecule has 1 heterocycles. The van der Waals surface area contributed by atoms with Gasteiger partial charge in [-0.1, -0.05) is 18.2 Å². The van der Waals surface area contributed by atoms with Gasteiger partial charge in [0, 0.05) is 20.1 Å². The summed E-state index contributed by atoms with van der Waals surface area (Å²) in [4.78, 5) is 15.9. The molecule has 0 unspecified atom stereocenters. The van der Waals surface area contributed by atoms with Gasteiger partial charge in [-0.15, -0.1) is 12.4 Å². The Bertz CT molecular complexity index is 425. The van der Waals surface area contributed by atoms with E-state index in [4.69, 9.17) is 4.74 Å². The lowest BCUT2D eigenvalue weighted by Gasteiger charge is -2.20. The highest BCUT2D eigenvalue weighted by Gasteiger charge is 2.12. The first-order chi connectivity index (χ1) is 10.3. The molecular weight excluding hydrogens is 302 g/mol. The fourth-order valence-corrected chi connectivity index (χ4v) is 2.38. The van der Waals surface area contributed by atoms with Crippen LogP contribution in [0, 0.1) is 0 Å². The van der Waals surface area contributed by atoms with Crippen LogP contribution in [0.25, 0.3) is 0 Å². The number of para-hydroxylation sites is 1. The second-order valence-electron chi connectivity index (χ2n) is 5.36. The largest absolute Gasteiger partial charge is 0.492 e. The summed E-state index contributed by atoms with van der Waals surface area (Å²) < 4.78 is 5.58. The number of nitrogens with zero attached hydrogens (tertiary/aromatic N) is 2. The maximum Gasteiger partial charge on any atom is 0.317 e. The summed E-state index contributed by atoms with van der Waals surface area (Å²) in [6.45, 7) is 5.06. The number of ether oxygens (including phenoxy) is 1. The van der Waals surface area contributed by atoms with Crippen molar-refractivity contribution >= 4 is 18.4 Å². The second kappa shape index (κ2) is 10.3. The summed E-state index contributed by atoms with van der Waals surface area (Å²) in [5, 5.41) is 2.95. The molecule has 0 atom stereocenters. The lowest BCUT2D eigenvalue weighted by molar-refractivity contribution is 0.194. The maximum absolute atomic E-state index is 11.9. The molecular formula is C16H26ClN3O2. The Hall–Kier alpha value is -1.46. The van der Waals surface area contributed by atoms with Gasteiger partial charge < -0.3 is 19.9 Å². The van der Waals surface area contributed by atoms with Gasteiger partial charge in [0.2, 0.25) is 0 Å². The van der Waals surface area contributed by atoms with Crippen molar-refractivity contribution in [2.24, 2.45) is 0 Å². The van der Waals surface area contributed by atoms with E-state index in [-0.39, 0.29) is 18.4 Å². The van der Waals surface area contributed by atoms with E-state index in [0.717, 1.165) is 25.4 Å². The van der Waals surface area contributed by atoms with E-state index in [0.29, 0.717) is 19.7 Å². The molecule has 1 aliphatic rings. The SMILES string of the molecule is CN(CCOc1ccccc1)C(=O)NCCN1CCCC1.Cl. The van der Waals surface area contributed by atoms with Crippen LogP contribution in [-0.4, -0.2) is 62.2 Å². The van der Waals surface area contributed by atoms with Crippen molar-refractivity contribution in [3.63, 3.8) is 0 Å². The van der Waals surface area contributed by atoms with Crippen LogP contribution >= 0.6 is 12.4 Å². The molecule has 0 aliphatic carbocycles. The van der Waals surface area contributed by atoms with Crippen molar-refractivity contribution in [2.75, 3.05) is 46.4 Å².